The monoisotopic (exact) mass is 374 g/mol. The van der Waals surface area contributed by atoms with E-state index in [9.17, 15) is 19.2 Å². The number of amides is 1. The fraction of sp³-hybridized carbons (Fsp3) is 0.250. The molecule has 8 nitrogen and oxygen atoms in total. The van der Waals surface area contributed by atoms with Crippen LogP contribution in [0.1, 0.15) is 6.92 Å². The zero-order chi connectivity index (χ0) is 17.3. The Morgan fingerprint density at radius 3 is 2.35 bits per heavy atom. The third kappa shape index (κ3) is 3.35. The molecule has 122 valence electrons. The van der Waals surface area contributed by atoms with Gasteiger partial charge in [0.25, 0.3) is 11.5 Å². The topological polar surface area (TPSA) is 117 Å². The Labute approximate surface area is 142 Å². The Hall–Kier alpha value is -1.98. The van der Waals surface area contributed by atoms with Gasteiger partial charge in [-0.3, -0.25) is 28.6 Å². The van der Waals surface area contributed by atoms with Crippen molar-refractivity contribution >= 4 is 68.5 Å². The molecule has 0 aromatic carbocycles. The number of carboxylic acid groups (broad SMARTS) is 2. The molecule has 0 saturated carbocycles. The Balaban J connectivity index is 2.69. The molecule has 1 amide bonds. The van der Waals surface area contributed by atoms with E-state index in [1.165, 1.54) is 6.08 Å². The third-order valence-corrected chi connectivity index (χ3v) is 5.61. The molecule has 0 bridgehead atoms. The number of carbonyl (C=O) groups is 3. The summed E-state index contributed by atoms with van der Waals surface area (Å²) >= 11 is 6.82. The van der Waals surface area contributed by atoms with Crippen LogP contribution in [0.5, 0.6) is 0 Å². The van der Waals surface area contributed by atoms with Gasteiger partial charge >= 0.3 is 11.9 Å². The lowest BCUT2D eigenvalue weighted by atomic mass is 10.4. The van der Waals surface area contributed by atoms with Gasteiger partial charge in [0.2, 0.25) is 0 Å². The number of rotatable bonds is 4. The standard InChI is InChI=1S/C12H10N2O6S3/c1-2-5-9(19)13(3-6(15)16)11(22-5)8-10(20)14(4-7(17)18)12(21)23-8/h2H,3-4H2,1H3,(H,15,16)(H,17,18). The first-order valence-electron chi connectivity index (χ1n) is 6.13. The Morgan fingerprint density at radius 1 is 1.22 bits per heavy atom. The average molecular weight is 374 g/mol. The number of thioether (sulfide) groups is 1. The van der Waals surface area contributed by atoms with Crippen molar-refractivity contribution in [2.45, 2.75) is 13.5 Å². The molecule has 1 fully saturated rings. The van der Waals surface area contributed by atoms with Gasteiger partial charge in [0.15, 0.2) is 0 Å². The second-order valence-electron chi connectivity index (χ2n) is 4.33. The predicted molar refractivity (Wildman–Crippen MR) is 88.5 cm³/mol. The van der Waals surface area contributed by atoms with Crippen LogP contribution < -0.4 is 14.8 Å². The molecular weight excluding hydrogens is 364 g/mol. The van der Waals surface area contributed by atoms with Gasteiger partial charge in [0.05, 0.1) is 4.53 Å². The van der Waals surface area contributed by atoms with Crippen LogP contribution in [0, 0.1) is 0 Å². The Kier molecular flexibility index (Phi) is 5.02. The number of aliphatic carboxylic acids is 2. The van der Waals surface area contributed by atoms with E-state index in [0.29, 0.717) is 4.53 Å². The van der Waals surface area contributed by atoms with Crippen molar-refractivity contribution in [3.05, 3.63) is 19.5 Å². The number of carboxylic acids is 2. The Morgan fingerprint density at radius 2 is 1.83 bits per heavy atom. The molecule has 1 saturated heterocycles. The molecule has 2 N–H and O–H groups in total. The molecule has 2 heterocycles. The normalized spacial score (nSPS) is 18.0. The number of hydrogen-bond donors (Lipinski definition) is 2. The second kappa shape index (κ2) is 6.64. The van der Waals surface area contributed by atoms with Crippen LogP contribution in [0.15, 0.2) is 4.79 Å². The van der Waals surface area contributed by atoms with Gasteiger partial charge < -0.3 is 10.2 Å². The minimum absolute atomic E-state index is 0.0529. The van der Waals surface area contributed by atoms with Gasteiger partial charge in [-0.25, -0.2) is 0 Å². The maximum atomic E-state index is 12.3. The van der Waals surface area contributed by atoms with Crippen LogP contribution in [0.2, 0.25) is 0 Å². The lowest BCUT2D eigenvalue weighted by Crippen LogP contribution is -2.36. The van der Waals surface area contributed by atoms with E-state index in [0.717, 1.165) is 32.6 Å². The summed E-state index contributed by atoms with van der Waals surface area (Å²) in [6.07, 6.45) is 1.52. The first-order chi connectivity index (χ1) is 10.8. The summed E-state index contributed by atoms with van der Waals surface area (Å²) < 4.78 is 1.49. The van der Waals surface area contributed by atoms with E-state index in [2.05, 4.69) is 0 Å². The van der Waals surface area contributed by atoms with Crippen molar-refractivity contribution in [1.82, 2.24) is 9.47 Å². The van der Waals surface area contributed by atoms with Crippen LogP contribution in [0.25, 0.3) is 11.0 Å². The van der Waals surface area contributed by atoms with Crippen LogP contribution in [-0.4, -0.2) is 48.4 Å². The van der Waals surface area contributed by atoms with Crippen LogP contribution in [0.3, 0.4) is 0 Å². The van der Waals surface area contributed by atoms with Gasteiger partial charge in [0, 0.05) is 0 Å². The molecule has 11 heteroatoms. The number of aromatic nitrogens is 1. The van der Waals surface area contributed by atoms with Crippen LogP contribution in [-0.2, 0) is 20.9 Å². The average Bonchev–Trinajstić information content (AvgIpc) is 2.90. The molecule has 0 unspecified atom stereocenters. The quantitative estimate of drug-likeness (QED) is 0.635. The third-order valence-electron chi connectivity index (χ3n) is 2.80. The molecule has 0 spiro atoms. The zero-order valence-corrected chi connectivity index (χ0v) is 14.1. The molecule has 0 aliphatic carbocycles. The van der Waals surface area contributed by atoms with E-state index in [-0.39, 0.29) is 13.9 Å². The zero-order valence-electron chi connectivity index (χ0n) is 11.6. The molecule has 0 radical (unpaired) electrons. The van der Waals surface area contributed by atoms with Crippen molar-refractivity contribution in [3.8, 4) is 0 Å². The number of nitrogens with zero attached hydrogens (tertiary/aromatic N) is 2. The largest absolute Gasteiger partial charge is 0.480 e. The summed E-state index contributed by atoms with van der Waals surface area (Å²) in [5.74, 6) is -3.10. The molecular formula is C12H10N2O6S3. The highest BCUT2D eigenvalue weighted by atomic mass is 32.2. The van der Waals surface area contributed by atoms with Crippen molar-refractivity contribution in [3.63, 3.8) is 0 Å². The highest BCUT2D eigenvalue weighted by molar-refractivity contribution is 8.30. The summed E-state index contributed by atoms with van der Waals surface area (Å²) in [6, 6.07) is 0. The Bertz CT molecular complexity index is 897. The van der Waals surface area contributed by atoms with E-state index in [1.54, 1.807) is 6.92 Å². The molecule has 1 aromatic rings. The second-order valence-corrected chi connectivity index (χ2v) is 7.00. The molecule has 23 heavy (non-hydrogen) atoms. The maximum absolute atomic E-state index is 12.3. The van der Waals surface area contributed by atoms with Crippen molar-refractivity contribution < 1.29 is 24.6 Å². The van der Waals surface area contributed by atoms with Gasteiger partial charge in [0.1, 0.15) is 27.0 Å². The molecule has 1 aliphatic rings. The van der Waals surface area contributed by atoms with Gasteiger partial charge in [-0.05, 0) is 6.92 Å². The smallest absolute Gasteiger partial charge is 0.323 e. The maximum Gasteiger partial charge on any atom is 0.323 e. The highest BCUT2D eigenvalue weighted by Gasteiger charge is 2.35. The predicted octanol–water partition coefficient (Wildman–Crippen LogP) is -1.15. The fourth-order valence-electron chi connectivity index (χ4n) is 1.86. The number of hydrogen-bond acceptors (Lipinski definition) is 7. The summed E-state index contributed by atoms with van der Waals surface area (Å²) in [4.78, 5) is 47.2. The number of carbonyl (C=O) groups excluding carboxylic acids is 1. The van der Waals surface area contributed by atoms with E-state index < -0.39 is 36.5 Å². The van der Waals surface area contributed by atoms with Crippen molar-refractivity contribution in [1.29, 1.82) is 0 Å². The van der Waals surface area contributed by atoms with Crippen LogP contribution >= 0.6 is 35.3 Å². The van der Waals surface area contributed by atoms with Crippen molar-refractivity contribution in [2.75, 3.05) is 6.54 Å². The number of thiocarbonyl (C=S) groups is 1. The summed E-state index contributed by atoms with van der Waals surface area (Å²) in [5.41, 5.74) is -0.515. The lowest BCUT2D eigenvalue weighted by molar-refractivity contribution is -0.140. The number of thiazole rings is 1. The van der Waals surface area contributed by atoms with E-state index in [1.807, 2.05) is 0 Å². The van der Waals surface area contributed by atoms with Gasteiger partial charge in [-0.15, -0.1) is 11.3 Å². The summed E-state index contributed by atoms with van der Waals surface area (Å²) in [6.45, 7) is 0.439. The molecule has 1 aromatic heterocycles. The molecule has 1 aliphatic heterocycles. The SMILES string of the molecule is CC=c1sc(=C2SC(=S)N(CC(=O)O)C2=O)n(CC(=O)O)c1=O. The molecule has 2 rings (SSSR count). The fourth-order valence-corrected chi connectivity index (χ4v) is 4.29. The summed E-state index contributed by atoms with van der Waals surface area (Å²) in [5, 5.41) is 17.8. The molecule has 0 atom stereocenters. The first-order valence-corrected chi connectivity index (χ1v) is 8.18. The van der Waals surface area contributed by atoms with Crippen LogP contribution in [0.4, 0.5) is 0 Å². The van der Waals surface area contributed by atoms with Gasteiger partial charge in [-0.2, -0.15) is 0 Å². The van der Waals surface area contributed by atoms with Gasteiger partial charge in [-0.1, -0.05) is 30.1 Å². The minimum atomic E-state index is -1.23. The van der Waals surface area contributed by atoms with E-state index >= 15 is 0 Å². The first kappa shape index (κ1) is 17.4. The lowest BCUT2D eigenvalue weighted by Gasteiger charge is -2.10. The summed E-state index contributed by atoms with van der Waals surface area (Å²) in [7, 11) is 0. The van der Waals surface area contributed by atoms with E-state index in [4.69, 9.17) is 22.4 Å². The minimum Gasteiger partial charge on any atom is -0.480 e. The highest BCUT2D eigenvalue weighted by Crippen LogP contribution is 2.30. The van der Waals surface area contributed by atoms with Crippen molar-refractivity contribution in [2.24, 2.45) is 0 Å².